The van der Waals surface area contributed by atoms with Crippen LogP contribution in [0.4, 0.5) is 0 Å². The molecule has 6 nitrogen and oxygen atoms in total. The largest absolute Gasteiger partial charge is 0.465 e. The third-order valence-electron chi connectivity index (χ3n) is 14.6. The molecule has 3 atom stereocenters. The Balaban J connectivity index is 2.02. The number of nitrogens with zero attached hydrogens (tertiary/aromatic N) is 1. The molecule has 0 saturated heterocycles. The Morgan fingerprint density at radius 2 is 1.03 bits per heavy atom. The summed E-state index contributed by atoms with van der Waals surface area (Å²) in [5.74, 6) is 2.53. The first-order valence-electron chi connectivity index (χ1n) is 29.4. The Morgan fingerprint density at radius 1 is 0.557 bits per heavy atom. The smallest absolute Gasteiger partial charge is 0.306 e. The number of ether oxygens (including phenoxy) is 2. The van der Waals surface area contributed by atoms with Crippen molar-refractivity contribution in [2.75, 3.05) is 38.3 Å². The minimum Gasteiger partial charge on any atom is -0.465 e. The van der Waals surface area contributed by atoms with Crippen LogP contribution in [0.15, 0.2) is 60.7 Å². The molecule has 0 amide bonds. The summed E-state index contributed by atoms with van der Waals surface area (Å²) >= 11 is 1.97. The second-order valence-electron chi connectivity index (χ2n) is 21.9. The molecule has 0 aliphatic rings. The molecule has 0 saturated carbocycles. The predicted molar refractivity (Wildman–Crippen MR) is 307 cm³/mol. The molecular formula is C62H109NO5SSi. The van der Waals surface area contributed by atoms with Crippen molar-refractivity contribution in [2.45, 2.75) is 265 Å². The first-order valence-corrected chi connectivity index (χ1v) is 32.5. The molecule has 2 rings (SSSR count). The Labute approximate surface area is 438 Å². The van der Waals surface area contributed by atoms with E-state index >= 15 is 0 Å². The average Bonchev–Trinajstić information content (AvgIpc) is 3.35. The van der Waals surface area contributed by atoms with Gasteiger partial charge >= 0.3 is 11.9 Å². The van der Waals surface area contributed by atoms with Gasteiger partial charge in [0.05, 0.1) is 6.61 Å². The van der Waals surface area contributed by atoms with Crippen molar-refractivity contribution in [3.05, 3.63) is 60.7 Å². The highest BCUT2D eigenvalue weighted by Gasteiger charge is 2.50. The van der Waals surface area contributed by atoms with Gasteiger partial charge in [0.15, 0.2) is 0 Å². The fraction of sp³-hybridized carbons (Fsp3) is 0.774. The summed E-state index contributed by atoms with van der Waals surface area (Å²) in [4.78, 5) is 28.9. The molecule has 0 radical (unpaired) electrons. The minimum atomic E-state index is -2.57. The summed E-state index contributed by atoms with van der Waals surface area (Å²) in [5, 5.41) is 2.61. The zero-order valence-electron chi connectivity index (χ0n) is 46.9. The number of hydrogen-bond acceptors (Lipinski definition) is 7. The lowest BCUT2D eigenvalue weighted by Gasteiger charge is -2.43. The molecule has 0 fully saturated rings. The first-order chi connectivity index (χ1) is 34.0. The predicted octanol–water partition coefficient (Wildman–Crippen LogP) is 16.8. The molecular weight excluding hydrogens is 899 g/mol. The van der Waals surface area contributed by atoms with Gasteiger partial charge in [0.25, 0.3) is 8.32 Å². The summed E-state index contributed by atoms with van der Waals surface area (Å²) in [7, 11) is -0.288. The number of esters is 2. The quantitative estimate of drug-likeness (QED) is 0.0372. The normalized spacial score (nSPS) is 13.4. The van der Waals surface area contributed by atoms with Crippen LogP contribution in [0.25, 0.3) is 0 Å². The Bertz CT molecular complexity index is 1480. The topological polar surface area (TPSA) is 65.1 Å². The minimum absolute atomic E-state index is 0.0217. The SMILES string of the molecule is CCCCCCCCC(CCCCCC)COC(=O)CCCCC(CCCCC(=O)OC(CCCCCC)CSCCCCCC)N(C)CCCCO[Si](c1ccccc1)(c1ccccc1)C(C)(C)C. The number of hydrogen-bond donors (Lipinski definition) is 0. The van der Waals surface area contributed by atoms with Crippen LogP contribution in [0.2, 0.25) is 5.04 Å². The Morgan fingerprint density at radius 3 is 1.57 bits per heavy atom. The lowest BCUT2D eigenvalue weighted by Crippen LogP contribution is -2.66. The van der Waals surface area contributed by atoms with E-state index in [-0.39, 0.29) is 23.1 Å². The summed E-state index contributed by atoms with van der Waals surface area (Å²) in [6, 6.07) is 22.3. The molecule has 0 heterocycles. The second kappa shape index (κ2) is 41.2. The van der Waals surface area contributed by atoms with Crippen molar-refractivity contribution in [3.8, 4) is 0 Å². The number of thioether (sulfide) groups is 1. The third kappa shape index (κ3) is 28.4. The number of rotatable bonds is 46. The van der Waals surface area contributed by atoms with Gasteiger partial charge in [-0.15, -0.1) is 0 Å². The van der Waals surface area contributed by atoms with Crippen molar-refractivity contribution < 1.29 is 23.5 Å². The second-order valence-corrected chi connectivity index (χ2v) is 27.4. The highest BCUT2D eigenvalue weighted by Crippen LogP contribution is 2.37. The lowest BCUT2D eigenvalue weighted by atomic mass is 9.95. The molecule has 402 valence electrons. The molecule has 0 aliphatic carbocycles. The van der Waals surface area contributed by atoms with Crippen LogP contribution in [0.3, 0.4) is 0 Å². The number of unbranched alkanes of at least 4 members (excludes halogenated alkanes) is 17. The third-order valence-corrected chi connectivity index (χ3v) is 20.9. The summed E-state index contributed by atoms with van der Waals surface area (Å²) < 4.78 is 19.4. The van der Waals surface area contributed by atoms with Crippen LogP contribution in [0.1, 0.15) is 248 Å². The molecule has 2 aromatic carbocycles. The van der Waals surface area contributed by atoms with E-state index in [9.17, 15) is 9.59 Å². The molecule has 2 aromatic rings. The molecule has 70 heavy (non-hydrogen) atoms. The summed E-state index contributed by atoms with van der Waals surface area (Å²) in [5.41, 5.74) is 0. The van der Waals surface area contributed by atoms with Gasteiger partial charge < -0.3 is 18.8 Å². The number of benzene rings is 2. The first kappa shape index (κ1) is 64.0. The van der Waals surface area contributed by atoms with E-state index in [2.05, 4.69) is 121 Å². The van der Waals surface area contributed by atoms with Crippen molar-refractivity contribution in [1.29, 1.82) is 0 Å². The van der Waals surface area contributed by atoms with E-state index in [0.29, 0.717) is 31.4 Å². The summed E-state index contributed by atoms with van der Waals surface area (Å²) in [6.07, 6.45) is 35.0. The van der Waals surface area contributed by atoms with E-state index < -0.39 is 8.32 Å². The Hall–Kier alpha value is -2.13. The zero-order valence-corrected chi connectivity index (χ0v) is 48.7. The molecule has 0 aliphatic heterocycles. The highest BCUT2D eigenvalue weighted by atomic mass is 32.2. The maximum absolute atomic E-state index is 13.3. The van der Waals surface area contributed by atoms with E-state index in [1.54, 1.807) is 0 Å². The van der Waals surface area contributed by atoms with Gasteiger partial charge in [0.2, 0.25) is 0 Å². The van der Waals surface area contributed by atoms with Crippen LogP contribution in [-0.2, 0) is 23.5 Å². The fourth-order valence-electron chi connectivity index (χ4n) is 10.2. The van der Waals surface area contributed by atoms with Crippen molar-refractivity contribution >= 4 is 42.4 Å². The molecule has 8 heteroatoms. The fourth-order valence-corrected chi connectivity index (χ4v) is 15.9. The van der Waals surface area contributed by atoms with Gasteiger partial charge in [-0.25, -0.2) is 0 Å². The van der Waals surface area contributed by atoms with Crippen LogP contribution < -0.4 is 10.4 Å². The van der Waals surface area contributed by atoms with Crippen LogP contribution >= 0.6 is 11.8 Å². The average molecular weight is 1010 g/mol. The molecule has 0 aromatic heterocycles. The van der Waals surface area contributed by atoms with Gasteiger partial charge in [-0.2, -0.15) is 11.8 Å². The van der Waals surface area contributed by atoms with Crippen molar-refractivity contribution in [3.63, 3.8) is 0 Å². The summed E-state index contributed by atoms with van der Waals surface area (Å²) in [6.45, 7) is 18.4. The molecule has 0 bridgehead atoms. The monoisotopic (exact) mass is 1010 g/mol. The molecule has 0 N–H and O–H groups in total. The van der Waals surface area contributed by atoms with Gasteiger partial charge in [-0.05, 0) is 111 Å². The van der Waals surface area contributed by atoms with Gasteiger partial charge in [0, 0.05) is 31.2 Å². The standard InChI is InChI=1S/C62H109NO5SSi/c1-9-13-17-21-22-26-40-55(39-25-18-14-10-2)53-66-60(64)48-34-32-41-56(42-33-35-49-61(65)68-57(43-27-19-15-11-3)54-69-52-38-20-16-12-4)63(8)50-36-37-51-67-70(62(5,6)7,58-44-28-23-29-45-58)59-46-30-24-31-47-59/h23-24,28-31,44-47,55-57H,9-22,25-27,32-43,48-54H2,1-8H3. The highest BCUT2D eigenvalue weighted by molar-refractivity contribution is 7.99. The number of carbonyl (C=O) groups excluding carboxylic acids is 2. The molecule has 0 spiro atoms. The van der Waals surface area contributed by atoms with Crippen LogP contribution in [0, 0.1) is 5.92 Å². The van der Waals surface area contributed by atoms with Gasteiger partial charge in [-0.1, -0.05) is 225 Å². The maximum Gasteiger partial charge on any atom is 0.306 e. The van der Waals surface area contributed by atoms with Gasteiger partial charge in [-0.3, -0.25) is 9.59 Å². The van der Waals surface area contributed by atoms with Crippen molar-refractivity contribution in [2.24, 2.45) is 5.92 Å². The lowest BCUT2D eigenvalue weighted by molar-refractivity contribution is -0.148. The molecule has 3 unspecified atom stereocenters. The van der Waals surface area contributed by atoms with E-state index in [1.165, 1.54) is 132 Å². The van der Waals surface area contributed by atoms with E-state index in [4.69, 9.17) is 13.9 Å². The number of carbonyl (C=O) groups is 2. The Kier molecular flexibility index (Phi) is 37.7. The van der Waals surface area contributed by atoms with E-state index in [0.717, 1.165) is 88.9 Å². The van der Waals surface area contributed by atoms with Crippen LogP contribution in [-0.4, -0.2) is 75.6 Å². The van der Waals surface area contributed by atoms with Crippen molar-refractivity contribution in [1.82, 2.24) is 4.90 Å². The van der Waals surface area contributed by atoms with E-state index in [1.807, 2.05) is 11.8 Å². The van der Waals surface area contributed by atoms with Gasteiger partial charge in [0.1, 0.15) is 6.10 Å². The zero-order chi connectivity index (χ0) is 51.0. The maximum atomic E-state index is 13.3. The van der Waals surface area contributed by atoms with Crippen LogP contribution in [0.5, 0.6) is 0 Å².